The molecule has 2 aromatic rings. The maximum absolute atomic E-state index is 13.5. The normalized spacial score (nSPS) is 21.1. The van der Waals surface area contributed by atoms with Crippen molar-refractivity contribution in [2.75, 3.05) is 46.6 Å². The summed E-state index contributed by atoms with van der Waals surface area (Å²) in [5.41, 5.74) is 4.24. The number of hydrogen-bond donors (Lipinski definition) is 0. The zero-order valence-electron chi connectivity index (χ0n) is 20.4. The molecule has 1 amide bonds. The molecule has 0 saturated carbocycles. The van der Waals surface area contributed by atoms with Gasteiger partial charge in [0.1, 0.15) is 0 Å². The van der Waals surface area contributed by atoms with Crippen molar-refractivity contribution in [2.24, 2.45) is 0 Å². The van der Waals surface area contributed by atoms with Crippen molar-refractivity contribution in [1.82, 2.24) is 19.6 Å². The van der Waals surface area contributed by atoms with Crippen LogP contribution in [0.1, 0.15) is 53.5 Å². The summed E-state index contributed by atoms with van der Waals surface area (Å²) in [6.07, 6.45) is 4.88. The fourth-order valence-corrected chi connectivity index (χ4v) is 5.53. The maximum atomic E-state index is 13.5. The van der Waals surface area contributed by atoms with Gasteiger partial charge in [0.05, 0.1) is 26.9 Å². The lowest BCUT2D eigenvalue weighted by Gasteiger charge is -2.36. The Bertz CT molecular complexity index is 1010. The van der Waals surface area contributed by atoms with Crippen molar-refractivity contribution in [1.29, 1.82) is 0 Å². The highest BCUT2D eigenvalue weighted by molar-refractivity contribution is 5.94. The second-order valence-electron chi connectivity index (χ2n) is 9.42. The van der Waals surface area contributed by atoms with Crippen LogP contribution < -0.4 is 9.47 Å². The Morgan fingerprint density at radius 3 is 2.85 bits per heavy atom. The third-order valence-corrected chi connectivity index (χ3v) is 7.26. The predicted octanol–water partition coefficient (Wildman–Crippen LogP) is 2.92. The highest BCUT2D eigenvalue weighted by atomic mass is 16.5. The van der Waals surface area contributed by atoms with Gasteiger partial charge in [0.25, 0.3) is 5.91 Å². The molecule has 0 bridgehead atoms. The lowest BCUT2D eigenvalue weighted by Crippen LogP contribution is -2.43. The fraction of sp³-hybridized carbons (Fsp3) is 0.615. The minimum atomic E-state index is 0.0613. The Labute approximate surface area is 201 Å². The van der Waals surface area contributed by atoms with Gasteiger partial charge in [-0.05, 0) is 38.2 Å². The van der Waals surface area contributed by atoms with E-state index in [1.807, 2.05) is 17.0 Å². The number of aromatic nitrogens is 2. The average molecular weight is 469 g/mol. The molecule has 3 aliphatic rings. The molecule has 2 aliphatic heterocycles. The number of ether oxygens (including phenoxy) is 3. The van der Waals surface area contributed by atoms with Crippen LogP contribution in [0.2, 0.25) is 0 Å². The van der Waals surface area contributed by atoms with Crippen LogP contribution in [-0.2, 0) is 30.7 Å². The largest absolute Gasteiger partial charge is 0.493 e. The third-order valence-electron chi connectivity index (χ3n) is 7.26. The van der Waals surface area contributed by atoms with Gasteiger partial charge in [-0.15, -0.1) is 0 Å². The number of nitrogens with zero attached hydrogens (tertiary/aromatic N) is 4. The van der Waals surface area contributed by atoms with E-state index in [1.165, 1.54) is 5.69 Å². The van der Waals surface area contributed by atoms with E-state index in [2.05, 4.69) is 22.6 Å². The molecule has 5 rings (SSSR count). The quantitative estimate of drug-likeness (QED) is 0.672. The van der Waals surface area contributed by atoms with Crippen LogP contribution in [0, 0.1) is 0 Å². The molecule has 3 heterocycles. The van der Waals surface area contributed by atoms with Crippen LogP contribution in [0.5, 0.6) is 11.5 Å². The molecule has 1 aliphatic carbocycles. The summed E-state index contributed by atoms with van der Waals surface area (Å²) in [5, 5.41) is 4.86. The molecular weight excluding hydrogens is 432 g/mol. The Morgan fingerprint density at radius 1 is 1.21 bits per heavy atom. The fourth-order valence-electron chi connectivity index (χ4n) is 5.53. The molecule has 34 heavy (non-hydrogen) atoms. The zero-order valence-corrected chi connectivity index (χ0v) is 20.4. The maximum Gasteiger partial charge on any atom is 0.274 e. The summed E-state index contributed by atoms with van der Waals surface area (Å²) in [6, 6.07) is 6.51. The number of carbonyl (C=O) groups is 1. The SMILES string of the molecule is CCCn1nc(C(=O)N2CCOCC2)c2c1CCC(N1CCCOc3c(cccc3OC)C1)C2. The lowest BCUT2D eigenvalue weighted by molar-refractivity contribution is 0.0297. The number of rotatable bonds is 5. The summed E-state index contributed by atoms with van der Waals surface area (Å²) in [4.78, 5) is 17.9. The molecule has 1 aromatic carbocycles. The number of methoxy groups -OCH3 is 1. The van der Waals surface area contributed by atoms with Crippen LogP contribution in [0.3, 0.4) is 0 Å². The number of fused-ring (bicyclic) bond motifs is 2. The van der Waals surface area contributed by atoms with Gasteiger partial charge in [0, 0.05) is 55.6 Å². The summed E-state index contributed by atoms with van der Waals surface area (Å²) >= 11 is 0. The monoisotopic (exact) mass is 468 g/mol. The number of aryl methyl sites for hydroxylation is 1. The Morgan fingerprint density at radius 2 is 2.06 bits per heavy atom. The molecule has 1 aromatic heterocycles. The zero-order chi connectivity index (χ0) is 23.5. The summed E-state index contributed by atoms with van der Waals surface area (Å²) < 4.78 is 19.2. The number of carbonyl (C=O) groups excluding carboxylic acids is 1. The van der Waals surface area contributed by atoms with Crippen molar-refractivity contribution in [3.63, 3.8) is 0 Å². The Balaban J connectivity index is 1.41. The highest BCUT2D eigenvalue weighted by Crippen LogP contribution is 2.35. The Hall–Kier alpha value is -2.58. The molecule has 0 N–H and O–H groups in total. The van der Waals surface area contributed by atoms with E-state index in [1.54, 1.807) is 7.11 Å². The standard InChI is InChI=1S/C26H36N4O4/c1-3-10-30-22-9-8-20(17-21(22)24(27-30)26(31)28-12-15-33-16-13-28)29-11-5-14-34-25-19(18-29)6-4-7-23(25)32-2/h4,6-7,20H,3,5,8-18H2,1-2H3. The molecular formula is C26H36N4O4. The van der Waals surface area contributed by atoms with Crippen molar-refractivity contribution in [2.45, 2.75) is 58.2 Å². The first kappa shape index (κ1) is 23.2. The first-order chi connectivity index (χ1) is 16.7. The van der Waals surface area contributed by atoms with Crippen LogP contribution >= 0.6 is 0 Å². The number of benzene rings is 1. The second kappa shape index (κ2) is 10.4. The van der Waals surface area contributed by atoms with Gasteiger partial charge in [-0.25, -0.2) is 0 Å². The van der Waals surface area contributed by atoms with Gasteiger partial charge < -0.3 is 19.1 Å². The first-order valence-electron chi connectivity index (χ1n) is 12.7. The molecule has 8 nitrogen and oxygen atoms in total. The number of morpholine rings is 1. The molecule has 0 spiro atoms. The molecule has 1 atom stereocenters. The van der Waals surface area contributed by atoms with Crippen molar-refractivity contribution >= 4 is 5.91 Å². The van der Waals surface area contributed by atoms with E-state index < -0.39 is 0 Å². The van der Waals surface area contributed by atoms with E-state index >= 15 is 0 Å². The van der Waals surface area contributed by atoms with Crippen molar-refractivity contribution < 1.29 is 19.0 Å². The van der Waals surface area contributed by atoms with Crippen molar-refractivity contribution in [3.8, 4) is 11.5 Å². The highest BCUT2D eigenvalue weighted by Gasteiger charge is 2.34. The molecule has 8 heteroatoms. The Kier molecular flexibility index (Phi) is 7.06. The van der Waals surface area contributed by atoms with Crippen molar-refractivity contribution in [3.05, 3.63) is 40.7 Å². The van der Waals surface area contributed by atoms with E-state index in [0.29, 0.717) is 44.6 Å². The van der Waals surface area contributed by atoms with Crippen LogP contribution in [0.4, 0.5) is 0 Å². The molecule has 1 fully saturated rings. The number of hydrogen-bond acceptors (Lipinski definition) is 6. The topological polar surface area (TPSA) is 69.1 Å². The predicted molar refractivity (Wildman–Crippen MR) is 129 cm³/mol. The number of para-hydroxylation sites is 1. The molecule has 184 valence electrons. The minimum absolute atomic E-state index is 0.0613. The first-order valence-corrected chi connectivity index (χ1v) is 12.7. The summed E-state index contributed by atoms with van der Waals surface area (Å²) in [7, 11) is 1.69. The molecule has 0 radical (unpaired) electrons. The smallest absolute Gasteiger partial charge is 0.274 e. The van der Waals surface area contributed by atoms with Crippen LogP contribution in [0.15, 0.2) is 18.2 Å². The van der Waals surface area contributed by atoms with Gasteiger partial charge in [0.15, 0.2) is 17.2 Å². The van der Waals surface area contributed by atoms with Gasteiger partial charge in [0.2, 0.25) is 0 Å². The second-order valence-corrected chi connectivity index (χ2v) is 9.42. The van der Waals surface area contributed by atoms with E-state index in [9.17, 15) is 4.79 Å². The van der Waals surface area contributed by atoms with E-state index in [-0.39, 0.29) is 5.91 Å². The van der Waals surface area contributed by atoms with Gasteiger partial charge in [-0.3, -0.25) is 14.4 Å². The van der Waals surface area contributed by atoms with E-state index in [0.717, 1.165) is 74.4 Å². The number of amides is 1. The molecule has 1 saturated heterocycles. The minimum Gasteiger partial charge on any atom is -0.493 e. The van der Waals surface area contributed by atoms with Gasteiger partial charge in [-0.1, -0.05) is 19.1 Å². The van der Waals surface area contributed by atoms with E-state index in [4.69, 9.17) is 19.3 Å². The summed E-state index contributed by atoms with van der Waals surface area (Å²) in [6.45, 7) is 7.99. The molecule has 1 unspecified atom stereocenters. The van der Waals surface area contributed by atoms with Gasteiger partial charge >= 0.3 is 0 Å². The third kappa shape index (κ3) is 4.53. The average Bonchev–Trinajstić information content (AvgIpc) is 3.22. The summed E-state index contributed by atoms with van der Waals surface area (Å²) in [5.74, 6) is 1.72. The van der Waals surface area contributed by atoms with Gasteiger partial charge in [-0.2, -0.15) is 5.10 Å². The van der Waals surface area contributed by atoms with Crippen LogP contribution in [0.25, 0.3) is 0 Å². The van der Waals surface area contributed by atoms with Crippen LogP contribution in [-0.4, -0.2) is 78.1 Å². The lowest BCUT2D eigenvalue weighted by atomic mass is 9.89.